The molecule has 0 aliphatic rings. The van der Waals surface area contributed by atoms with Crippen LogP contribution in [0, 0.1) is 13.8 Å². The molecule has 47 heavy (non-hydrogen) atoms. The molecule has 1 N–H and O–H groups in total. The number of methoxy groups -OCH3 is 1. The molecule has 248 valence electrons. The van der Waals surface area contributed by atoms with Crippen LogP contribution in [0.1, 0.15) is 42.5 Å². The van der Waals surface area contributed by atoms with E-state index >= 15 is 0 Å². The Morgan fingerprint density at radius 1 is 0.872 bits per heavy atom. The number of rotatable bonds is 14. The van der Waals surface area contributed by atoms with Crippen LogP contribution in [0.15, 0.2) is 106 Å². The van der Waals surface area contributed by atoms with Crippen molar-refractivity contribution in [3.05, 3.63) is 124 Å². The van der Waals surface area contributed by atoms with Gasteiger partial charge in [0.2, 0.25) is 11.8 Å². The number of hydrogen-bond acceptors (Lipinski definition) is 5. The van der Waals surface area contributed by atoms with Crippen molar-refractivity contribution in [1.82, 2.24) is 10.2 Å². The van der Waals surface area contributed by atoms with E-state index in [9.17, 15) is 18.0 Å². The number of halogens is 1. The first-order valence-corrected chi connectivity index (χ1v) is 17.8. The summed E-state index contributed by atoms with van der Waals surface area (Å²) in [6.07, 6.45) is 0.968. The molecule has 4 rings (SSSR count). The molecule has 8 nitrogen and oxygen atoms in total. The van der Waals surface area contributed by atoms with Gasteiger partial charge in [-0.1, -0.05) is 84.8 Å². The highest BCUT2D eigenvalue weighted by atomic mass is 79.9. The third kappa shape index (κ3) is 9.23. The van der Waals surface area contributed by atoms with Crippen molar-refractivity contribution in [2.75, 3.05) is 18.0 Å². The van der Waals surface area contributed by atoms with Crippen LogP contribution in [0.25, 0.3) is 0 Å². The van der Waals surface area contributed by atoms with Crippen molar-refractivity contribution in [2.45, 2.75) is 64.1 Å². The van der Waals surface area contributed by atoms with E-state index in [0.29, 0.717) is 22.3 Å². The van der Waals surface area contributed by atoms with E-state index in [0.717, 1.165) is 26.6 Å². The summed E-state index contributed by atoms with van der Waals surface area (Å²) in [5, 5.41) is 3.07. The van der Waals surface area contributed by atoms with Crippen molar-refractivity contribution in [2.24, 2.45) is 0 Å². The maximum atomic E-state index is 14.6. The molecule has 0 aliphatic heterocycles. The lowest BCUT2D eigenvalue weighted by Crippen LogP contribution is -2.54. The Kier molecular flexibility index (Phi) is 12.2. The summed E-state index contributed by atoms with van der Waals surface area (Å²) in [7, 11) is -2.75. The van der Waals surface area contributed by atoms with Gasteiger partial charge in [0.1, 0.15) is 18.3 Å². The standard InChI is InChI=1S/C37H42BrN3O5S/c1-6-28(4)39-37(43)34(22-29-12-8-7-9-13-29)40(24-30-14-10-11-27(3)21-30)36(42)25-41(31-17-15-26(2)16-18-31)47(44,45)32-19-20-35(46-5)33(38)23-32/h7-21,23,28,34H,6,22,24-25H2,1-5H3,(H,39,43)/t28-,34-/m0/s1. The molecule has 0 heterocycles. The second-order valence-corrected chi connectivity index (χ2v) is 14.4. The third-order valence-electron chi connectivity index (χ3n) is 8.02. The lowest BCUT2D eigenvalue weighted by Gasteiger charge is -2.34. The van der Waals surface area contributed by atoms with Gasteiger partial charge >= 0.3 is 0 Å². The van der Waals surface area contributed by atoms with Crippen LogP contribution in [0.2, 0.25) is 0 Å². The van der Waals surface area contributed by atoms with E-state index in [1.807, 2.05) is 82.3 Å². The number of ether oxygens (including phenoxy) is 1. The monoisotopic (exact) mass is 719 g/mol. The summed E-state index contributed by atoms with van der Waals surface area (Å²) in [4.78, 5) is 30.1. The van der Waals surface area contributed by atoms with Crippen molar-refractivity contribution in [3.8, 4) is 5.75 Å². The van der Waals surface area contributed by atoms with E-state index in [1.54, 1.807) is 30.3 Å². The summed E-state index contributed by atoms with van der Waals surface area (Å²) < 4.78 is 35.5. The number of sulfonamides is 1. The Morgan fingerprint density at radius 2 is 1.55 bits per heavy atom. The number of benzene rings is 4. The van der Waals surface area contributed by atoms with Crippen LogP contribution < -0.4 is 14.4 Å². The maximum absolute atomic E-state index is 14.6. The molecule has 0 radical (unpaired) electrons. The average Bonchev–Trinajstić information content (AvgIpc) is 3.05. The van der Waals surface area contributed by atoms with E-state index in [1.165, 1.54) is 24.1 Å². The number of amides is 2. The summed E-state index contributed by atoms with van der Waals surface area (Å²) in [6, 6.07) is 27.7. The molecule has 2 atom stereocenters. The molecule has 0 saturated heterocycles. The fourth-order valence-electron chi connectivity index (χ4n) is 5.18. The molecule has 4 aromatic rings. The first-order chi connectivity index (χ1) is 22.4. The predicted molar refractivity (Wildman–Crippen MR) is 190 cm³/mol. The van der Waals surface area contributed by atoms with Gasteiger partial charge in [0.15, 0.2) is 0 Å². The zero-order valence-corrected chi connectivity index (χ0v) is 29.8. The highest BCUT2D eigenvalue weighted by molar-refractivity contribution is 9.10. The summed E-state index contributed by atoms with van der Waals surface area (Å²) >= 11 is 3.40. The number of nitrogens with one attached hydrogen (secondary N) is 1. The fourth-order valence-corrected chi connectivity index (χ4v) is 7.31. The molecule has 0 saturated carbocycles. The largest absolute Gasteiger partial charge is 0.496 e. The lowest BCUT2D eigenvalue weighted by molar-refractivity contribution is -0.140. The van der Waals surface area contributed by atoms with Gasteiger partial charge in [-0.05, 0) is 84.6 Å². The van der Waals surface area contributed by atoms with Gasteiger partial charge in [-0.25, -0.2) is 8.42 Å². The molecule has 0 aliphatic carbocycles. The van der Waals surface area contributed by atoms with E-state index in [2.05, 4.69) is 21.2 Å². The van der Waals surface area contributed by atoms with Crippen LogP contribution in [0.4, 0.5) is 5.69 Å². The molecule has 0 spiro atoms. The second kappa shape index (κ2) is 16.1. The Labute approximate surface area is 286 Å². The molecule has 0 aromatic heterocycles. The number of carbonyl (C=O) groups is 2. The first kappa shape index (κ1) is 35.7. The molecular weight excluding hydrogens is 678 g/mol. The minimum Gasteiger partial charge on any atom is -0.496 e. The van der Waals surface area contributed by atoms with Crippen LogP contribution in [-0.4, -0.2) is 50.9 Å². The van der Waals surface area contributed by atoms with Crippen LogP contribution in [0.5, 0.6) is 5.75 Å². The van der Waals surface area contributed by atoms with Crippen molar-refractivity contribution >= 4 is 43.5 Å². The normalized spacial score (nSPS) is 12.6. The molecule has 2 amide bonds. The highest BCUT2D eigenvalue weighted by Crippen LogP contribution is 2.31. The molecule has 0 fully saturated rings. The minimum atomic E-state index is -4.25. The zero-order valence-electron chi connectivity index (χ0n) is 27.4. The van der Waals surface area contributed by atoms with Gasteiger partial charge in [-0.2, -0.15) is 0 Å². The molecule has 0 unspecified atom stereocenters. The maximum Gasteiger partial charge on any atom is 0.264 e. The summed E-state index contributed by atoms with van der Waals surface area (Å²) in [5.41, 5.74) is 3.99. The third-order valence-corrected chi connectivity index (χ3v) is 10.4. The quantitative estimate of drug-likeness (QED) is 0.154. The topological polar surface area (TPSA) is 96.0 Å². The number of nitrogens with zero attached hydrogens (tertiary/aromatic N) is 2. The Bertz CT molecular complexity index is 1780. The van der Waals surface area contributed by atoms with E-state index in [-0.39, 0.29) is 29.8 Å². The molecular formula is C37H42BrN3O5S. The van der Waals surface area contributed by atoms with Gasteiger partial charge in [0.05, 0.1) is 22.2 Å². The predicted octanol–water partition coefficient (Wildman–Crippen LogP) is 6.82. The highest BCUT2D eigenvalue weighted by Gasteiger charge is 2.35. The van der Waals surface area contributed by atoms with Crippen LogP contribution in [-0.2, 0) is 32.6 Å². The minimum absolute atomic E-state index is 0.0147. The number of aryl methyl sites for hydroxylation is 2. The van der Waals surface area contributed by atoms with Gasteiger partial charge in [0, 0.05) is 19.0 Å². The smallest absolute Gasteiger partial charge is 0.264 e. The number of hydrogen-bond donors (Lipinski definition) is 1. The van der Waals surface area contributed by atoms with Gasteiger partial charge < -0.3 is 15.0 Å². The Hall–Kier alpha value is -4.15. The number of carbonyl (C=O) groups excluding carboxylic acids is 2. The molecule has 4 aromatic carbocycles. The lowest BCUT2D eigenvalue weighted by atomic mass is 10.0. The van der Waals surface area contributed by atoms with E-state index in [4.69, 9.17) is 4.74 Å². The van der Waals surface area contributed by atoms with Gasteiger partial charge in [0.25, 0.3) is 10.0 Å². The number of anilines is 1. The first-order valence-electron chi connectivity index (χ1n) is 15.5. The average molecular weight is 721 g/mol. The van der Waals surface area contributed by atoms with Gasteiger partial charge in [-0.3, -0.25) is 13.9 Å². The van der Waals surface area contributed by atoms with Crippen LogP contribution in [0.3, 0.4) is 0 Å². The SMILES string of the molecule is CC[C@H](C)NC(=O)[C@H](Cc1ccccc1)N(Cc1cccc(C)c1)C(=O)CN(c1ccc(C)cc1)S(=O)(=O)c1ccc(OC)c(Br)c1. The molecule has 10 heteroatoms. The van der Waals surface area contributed by atoms with Crippen molar-refractivity contribution in [1.29, 1.82) is 0 Å². The fraction of sp³-hybridized carbons (Fsp3) is 0.297. The Morgan fingerprint density at radius 3 is 2.17 bits per heavy atom. The van der Waals surface area contributed by atoms with Crippen molar-refractivity contribution in [3.63, 3.8) is 0 Å². The summed E-state index contributed by atoms with van der Waals surface area (Å²) in [6.45, 7) is 7.36. The second-order valence-electron chi connectivity index (χ2n) is 11.7. The van der Waals surface area contributed by atoms with Crippen molar-refractivity contribution < 1.29 is 22.7 Å². The van der Waals surface area contributed by atoms with Crippen LogP contribution >= 0.6 is 15.9 Å². The van der Waals surface area contributed by atoms with E-state index < -0.39 is 28.5 Å². The molecule has 0 bridgehead atoms. The van der Waals surface area contributed by atoms with Gasteiger partial charge in [-0.15, -0.1) is 0 Å². The zero-order chi connectivity index (χ0) is 34.1. The Balaban J connectivity index is 1.82. The summed E-state index contributed by atoms with van der Waals surface area (Å²) in [5.74, 6) is -0.334.